The number of hydrogen-bond acceptors (Lipinski definition) is 3. The first-order valence-corrected chi connectivity index (χ1v) is 11.0. The molecule has 156 valence electrons. The van der Waals surface area contributed by atoms with Crippen molar-refractivity contribution in [1.29, 1.82) is 0 Å². The molecule has 3 atom stereocenters. The van der Waals surface area contributed by atoms with E-state index >= 15 is 0 Å². The Morgan fingerprint density at radius 1 is 1.17 bits per heavy atom. The maximum Gasteiger partial charge on any atom is 0.245 e. The quantitative estimate of drug-likeness (QED) is 0.619. The van der Waals surface area contributed by atoms with Gasteiger partial charge in [-0.15, -0.1) is 0 Å². The molecule has 3 aromatic carbocycles. The number of rotatable bonds is 5. The lowest BCUT2D eigenvalue weighted by atomic mass is 10.1. The number of aliphatic hydroxyl groups excluding tert-OH is 1. The van der Waals surface area contributed by atoms with Crippen LogP contribution in [0.2, 0.25) is 5.02 Å². The fraction of sp³-hybridized carbons (Fsp3) is 0.227. The van der Waals surface area contributed by atoms with Gasteiger partial charge in [0.15, 0.2) is 0 Å². The summed E-state index contributed by atoms with van der Waals surface area (Å²) in [7, 11) is -1.60. The van der Waals surface area contributed by atoms with Crippen molar-refractivity contribution in [1.82, 2.24) is 4.72 Å². The van der Waals surface area contributed by atoms with Gasteiger partial charge in [0.25, 0.3) is 0 Å². The van der Waals surface area contributed by atoms with Crippen LogP contribution in [0.25, 0.3) is 10.8 Å². The summed E-state index contributed by atoms with van der Waals surface area (Å²) in [4.78, 5) is 14.7. The van der Waals surface area contributed by atoms with E-state index < -0.39 is 28.9 Å². The molecule has 5 nitrogen and oxygen atoms in total. The zero-order chi connectivity index (χ0) is 21.4. The van der Waals surface area contributed by atoms with E-state index in [2.05, 4.69) is 4.72 Å². The SMILES string of the molecule is CC(O)c1ccc(N2CCC(NS(=O)c3ccc4cc(Cl)ccc4c3)C2=O)c(F)c1. The van der Waals surface area contributed by atoms with Crippen LogP contribution in [0, 0.1) is 5.82 Å². The number of amides is 1. The monoisotopic (exact) mass is 446 g/mol. The lowest BCUT2D eigenvalue weighted by Crippen LogP contribution is -2.39. The first kappa shape index (κ1) is 20.9. The van der Waals surface area contributed by atoms with Crippen molar-refractivity contribution >= 4 is 45.0 Å². The summed E-state index contributed by atoms with van der Waals surface area (Å²) < 4.78 is 30.1. The molecule has 4 rings (SSSR count). The summed E-state index contributed by atoms with van der Waals surface area (Å²) in [6, 6.07) is 14.4. The molecule has 0 aromatic heterocycles. The Morgan fingerprint density at radius 2 is 1.90 bits per heavy atom. The van der Waals surface area contributed by atoms with Gasteiger partial charge in [0.2, 0.25) is 5.91 Å². The zero-order valence-corrected chi connectivity index (χ0v) is 17.7. The van der Waals surface area contributed by atoms with Crippen LogP contribution in [-0.2, 0) is 15.8 Å². The third-order valence-electron chi connectivity index (χ3n) is 5.19. The number of carbonyl (C=O) groups is 1. The Balaban J connectivity index is 1.49. The van der Waals surface area contributed by atoms with E-state index in [9.17, 15) is 18.5 Å². The molecule has 8 heteroatoms. The molecule has 0 aliphatic carbocycles. The Hall–Kier alpha value is -2.32. The van der Waals surface area contributed by atoms with Gasteiger partial charge in [0.05, 0.1) is 16.7 Å². The predicted molar refractivity (Wildman–Crippen MR) is 116 cm³/mol. The first-order valence-electron chi connectivity index (χ1n) is 9.49. The van der Waals surface area contributed by atoms with Crippen molar-refractivity contribution in [3.8, 4) is 0 Å². The highest BCUT2D eigenvalue weighted by Crippen LogP contribution is 2.28. The van der Waals surface area contributed by atoms with Crippen LogP contribution in [0.1, 0.15) is 25.0 Å². The second kappa shape index (κ2) is 8.43. The Bertz CT molecular complexity index is 1150. The number of anilines is 1. The van der Waals surface area contributed by atoms with Crippen molar-refractivity contribution in [3.63, 3.8) is 0 Å². The highest BCUT2D eigenvalue weighted by atomic mass is 35.5. The van der Waals surface area contributed by atoms with Gasteiger partial charge in [-0.1, -0.05) is 29.8 Å². The number of halogens is 2. The summed E-state index contributed by atoms with van der Waals surface area (Å²) in [5.74, 6) is -0.906. The molecule has 1 amide bonds. The predicted octanol–water partition coefficient (Wildman–Crippen LogP) is 4.10. The van der Waals surface area contributed by atoms with Gasteiger partial charge in [0, 0.05) is 11.6 Å². The molecule has 3 aromatic rings. The van der Waals surface area contributed by atoms with Crippen molar-refractivity contribution in [2.75, 3.05) is 11.4 Å². The number of hydrogen-bond donors (Lipinski definition) is 2. The molecular formula is C22H20ClFN2O3S. The van der Waals surface area contributed by atoms with E-state index in [0.717, 1.165) is 10.8 Å². The van der Waals surface area contributed by atoms with Crippen LogP contribution in [0.3, 0.4) is 0 Å². The molecule has 1 heterocycles. The molecule has 1 saturated heterocycles. The van der Waals surface area contributed by atoms with Crippen molar-refractivity contribution in [2.45, 2.75) is 30.4 Å². The molecule has 1 fully saturated rings. The molecule has 1 aliphatic rings. The van der Waals surface area contributed by atoms with Gasteiger partial charge >= 0.3 is 0 Å². The molecule has 0 bridgehead atoms. The lowest BCUT2D eigenvalue weighted by Gasteiger charge is -2.19. The number of nitrogens with zero attached hydrogens (tertiary/aromatic N) is 1. The fourth-order valence-corrected chi connectivity index (χ4v) is 4.76. The van der Waals surface area contributed by atoms with Gasteiger partial charge in [-0.3, -0.25) is 4.79 Å². The number of carbonyl (C=O) groups excluding carboxylic acids is 1. The van der Waals surface area contributed by atoms with Crippen molar-refractivity contribution in [3.05, 3.63) is 71.0 Å². The summed E-state index contributed by atoms with van der Waals surface area (Å²) in [5.41, 5.74) is 0.596. The lowest BCUT2D eigenvalue weighted by molar-refractivity contribution is -0.118. The average Bonchev–Trinajstić information content (AvgIpc) is 3.07. The number of fused-ring (bicyclic) bond motifs is 1. The normalized spacial score (nSPS) is 18.7. The van der Waals surface area contributed by atoms with E-state index in [-0.39, 0.29) is 11.6 Å². The summed E-state index contributed by atoms with van der Waals surface area (Å²) in [5, 5.41) is 12.0. The highest BCUT2D eigenvalue weighted by Gasteiger charge is 2.35. The number of aliphatic hydroxyl groups is 1. The van der Waals surface area contributed by atoms with Gasteiger partial charge in [-0.25, -0.2) is 13.3 Å². The molecule has 3 unspecified atom stereocenters. The molecular weight excluding hydrogens is 427 g/mol. The van der Waals surface area contributed by atoms with E-state index in [0.29, 0.717) is 28.4 Å². The minimum absolute atomic E-state index is 0.155. The molecule has 1 aliphatic heterocycles. The van der Waals surface area contributed by atoms with E-state index in [1.165, 1.54) is 17.0 Å². The number of nitrogens with one attached hydrogen (secondary N) is 1. The second-order valence-corrected chi connectivity index (χ2v) is 8.94. The van der Waals surface area contributed by atoms with Crippen LogP contribution in [-0.4, -0.2) is 27.8 Å². The smallest absolute Gasteiger partial charge is 0.245 e. The van der Waals surface area contributed by atoms with Crippen LogP contribution < -0.4 is 9.62 Å². The molecule has 0 saturated carbocycles. The molecule has 0 spiro atoms. The first-order chi connectivity index (χ1) is 14.3. The maximum atomic E-state index is 14.5. The van der Waals surface area contributed by atoms with Crippen LogP contribution in [0.5, 0.6) is 0 Å². The van der Waals surface area contributed by atoms with Gasteiger partial charge in [0.1, 0.15) is 22.8 Å². The summed E-state index contributed by atoms with van der Waals surface area (Å²) in [6.07, 6.45) is -0.386. The van der Waals surface area contributed by atoms with Crippen LogP contribution in [0.15, 0.2) is 59.5 Å². The number of benzene rings is 3. The topological polar surface area (TPSA) is 69.6 Å². The Morgan fingerprint density at radius 3 is 2.63 bits per heavy atom. The van der Waals surface area contributed by atoms with Gasteiger partial charge in [-0.05, 0) is 66.1 Å². The standard InChI is InChI=1S/C22H20ClFN2O3S/c1-13(27)14-4-7-21(19(24)12-14)26-9-8-20(22(26)28)25-30(29)18-6-3-15-10-17(23)5-2-16(15)11-18/h2-7,10-13,20,25,27H,8-9H2,1H3. The van der Waals surface area contributed by atoms with Crippen molar-refractivity contribution in [2.24, 2.45) is 0 Å². The Labute approximate surface area is 181 Å². The third-order valence-corrected chi connectivity index (χ3v) is 6.60. The maximum absolute atomic E-state index is 14.5. The van der Waals surface area contributed by atoms with Crippen LogP contribution in [0.4, 0.5) is 10.1 Å². The minimum Gasteiger partial charge on any atom is -0.389 e. The van der Waals surface area contributed by atoms with Crippen molar-refractivity contribution < 1.29 is 18.5 Å². The average molecular weight is 447 g/mol. The van der Waals surface area contributed by atoms with E-state index in [1.807, 2.05) is 18.2 Å². The molecule has 2 N–H and O–H groups in total. The molecule has 30 heavy (non-hydrogen) atoms. The third kappa shape index (κ3) is 4.11. The highest BCUT2D eigenvalue weighted by molar-refractivity contribution is 7.83. The van der Waals surface area contributed by atoms with Gasteiger partial charge in [-0.2, -0.15) is 0 Å². The fourth-order valence-electron chi connectivity index (χ4n) is 3.54. The van der Waals surface area contributed by atoms with Crippen LogP contribution >= 0.6 is 11.6 Å². The second-order valence-electron chi connectivity index (χ2n) is 7.26. The summed E-state index contributed by atoms with van der Waals surface area (Å²) in [6.45, 7) is 1.86. The summed E-state index contributed by atoms with van der Waals surface area (Å²) >= 11 is 6.00. The van der Waals surface area contributed by atoms with Gasteiger partial charge < -0.3 is 10.0 Å². The van der Waals surface area contributed by atoms with E-state index in [1.54, 1.807) is 31.2 Å². The minimum atomic E-state index is -1.60. The zero-order valence-electron chi connectivity index (χ0n) is 16.1. The Kier molecular flexibility index (Phi) is 5.88. The van der Waals surface area contributed by atoms with E-state index in [4.69, 9.17) is 11.6 Å². The molecule has 0 radical (unpaired) electrons. The largest absolute Gasteiger partial charge is 0.389 e.